The minimum absolute atomic E-state index is 0.0466. The highest BCUT2D eigenvalue weighted by molar-refractivity contribution is 5.38. The van der Waals surface area contributed by atoms with Crippen LogP contribution in [-0.2, 0) is 6.42 Å². The van der Waals surface area contributed by atoms with Crippen LogP contribution >= 0.6 is 0 Å². The molecule has 0 saturated heterocycles. The number of methoxy groups -OCH3 is 1. The third kappa shape index (κ3) is 2.42. The van der Waals surface area contributed by atoms with Crippen molar-refractivity contribution in [3.63, 3.8) is 0 Å². The number of rotatable bonds is 4. The van der Waals surface area contributed by atoms with Crippen LogP contribution in [0.5, 0.6) is 5.75 Å². The fraction of sp³-hybridized carbons (Fsp3) is 0.400. The fourth-order valence-electron chi connectivity index (χ4n) is 1.24. The highest BCUT2D eigenvalue weighted by Crippen LogP contribution is 2.29. The monoisotopic (exact) mass is 202 g/mol. The molecule has 0 spiro atoms. The van der Waals surface area contributed by atoms with Gasteiger partial charge in [-0.25, -0.2) is 8.78 Å². The van der Waals surface area contributed by atoms with E-state index < -0.39 is 6.43 Å². The topological polar surface area (TPSA) is 29.5 Å². The zero-order valence-corrected chi connectivity index (χ0v) is 7.84. The molecule has 0 radical (unpaired) electrons. The summed E-state index contributed by atoms with van der Waals surface area (Å²) in [6.45, 7) is -0.0466. The van der Waals surface area contributed by atoms with Crippen molar-refractivity contribution >= 4 is 0 Å². The summed E-state index contributed by atoms with van der Waals surface area (Å²) in [4.78, 5) is 0. The van der Waals surface area contributed by atoms with Crippen molar-refractivity contribution in [3.8, 4) is 5.75 Å². The third-order valence-corrected chi connectivity index (χ3v) is 1.93. The van der Waals surface area contributed by atoms with Gasteiger partial charge < -0.3 is 9.84 Å². The van der Waals surface area contributed by atoms with Gasteiger partial charge >= 0.3 is 0 Å². The molecule has 78 valence electrons. The smallest absolute Gasteiger partial charge is 0.267 e. The van der Waals surface area contributed by atoms with E-state index in [4.69, 9.17) is 9.84 Å². The van der Waals surface area contributed by atoms with Gasteiger partial charge in [-0.1, -0.05) is 6.07 Å². The summed E-state index contributed by atoms with van der Waals surface area (Å²) < 4.78 is 29.8. The first-order valence-electron chi connectivity index (χ1n) is 4.25. The summed E-state index contributed by atoms with van der Waals surface area (Å²) in [5.74, 6) is 0.182. The molecular formula is C10H12F2O2. The number of benzene rings is 1. The standard InChI is InChI=1S/C10H12F2O2/c1-14-9-3-2-7(4-5-13)6-8(9)10(11)12/h2-3,6,10,13H,4-5H2,1H3. The minimum Gasteiger partial charge on any atom is -0.496 e. The molecule has 0 heterocycles. The highest BCUT2D eigenvalue weighted by Gasteiger charge is 2.13. The van der Waals surface area contributed by atoms with E-state index in [1.165, 1.54) is 19.2 Å². The van der Waals surface area contributed by atoms with Crippen molar-refractivity contribution in [3.05, 3.63) is 29.3 Å². The van der Waals surface area contributed by atoms with Crippen molar-refractivity contribution in [1.82, 2.24) is 0 Å². The second-order valence-electron chi connectivity index (χ2n) is 2.85. The molecule has 0 fully saturated rings. The van der Waals surface area contributed by atoms with Crippen LogP contribution in [0.3, 0.4) is 0 Å². The lowest BCUT2D eigenvalue weighted by Gasteiger charge is -2.09. The molecule has 1 aromatic carbocycles. The maximum Gasteiger partial charge on any atom is 0.267 e. The minimum atomic E-state index is -2.55. The maximum absolute atomic E-state index is 12.5. The molecule has 0 unspecified atom stereocenters. The number of hydrogen-bond acceptors (Lipinski definition) is 2. The molecule has 2 nitrogen and oxygen atoms in total. The summed E-state index contributed by atoms with van der Waals surface area (Å²) in [6, 6.07) is 4.52. The van der Waals surface area contributed by atoms with E-state index in [-0.39, 0.29) is 17.9 Å². The van der Waals surface area contributed by atoms with Crippen molar-refractivity contribution in [2.24, 2.45) is 0 Å². The molecule has 0 bridgehead atoms. The molecule has 1 N–H and O–H groups in total. The van der Waals surface area contributed by atoms with Gasteiger partial charge in [-0.05, 0) is 24.1 Å². The fourth-order valence-corrected chi connectivity index (χ4v) is 1.24. The Hall–Kier alpha value is -1.16. The molecule has 0 aromatic heterocycles. The van der Waals surface area contributed by atoms with Gasteiger partial charge in [0.05, 0.1) is 12.7 Å². The van der Waals surface area contributed by atoms with Crippen molar-refractivity contribution in [2.75, 3.05) is 13.7 Å². The summed E-state index contributed by atoms with van der Waals surface area (Å²) in [7, 11) is 1.35. The molecule has 1 rings (SSSR count). The van der Waals surface area contributed by atoms with Gasteiger partial charge in [-0.2, -0.15) is 0 Å². The van der Waals surface area contributed by atoms with Crippen LogP contribution in [0, 0.1) is 0 Å². The lowest BCUT2D eigenvalue weighted by molar-refractivity contribution is 0.147. The summed E-state index contributed by atoms with van der Waals surface area (Å²) in [5.41, 5.74) is 0.557. The van der Waals surface area contributed by atoms with Crippen LogP contribution in [0.2, 0.25) is 0 Å². The van der Waals surface area contributed by atoms with E-state index in [9.17, 15) is 8.78 Å². The Balaban J connectivity index is 3.01. The SMILES string of the molecule is COc1ccc(CCO)cc1C(F)F. The van der Waals surface area contributed by atoms with E-state index in [0.717, 1.165) is 0 Å². The number of aliphatic hydroxyl groups is 1. The van der Waals surface area contributed by atoms with Gasteiger partial charge in [0.1, 0.15) is 5.75 Å². The van der Waals surface area contributed by atoms with E-state index in [0.29, 0.717) is 12.0 Å². The number of halogens is 2. The molecule has 0 aliphatic rings. The summed E-state index contributed by atoms with van der Waals surface area (Å²) in [5, 5.41) is 8.66. The van der Waals surface area contributed by atoms with E-state index >= 15 is 0 Å². The van der Waals surface area contributed by atoms with Gasteiger partial charge in [0.25, 0.3) is 6.43 Å². The van der Waals surface area contributed by atoms with Crippen LogP contribution in [-0.4, -0.2) is 18.8 Å². The normalized spacial score (nSPS) is 10.6. The number of ether oxygens (including phenoxy) is 1. The predicted molar refractivity (Wildman–Crippen MR) is 48.7 cm³/mol. The number of aliphatic hydroxyl groups excluding tert-OH is 1. The second kappa shape index (κ2) is 4.91. The van der Waals surface area contributed by atoms with Crippen LogP contribution in [0.1, 0.15) is 17.6 Å². The average molecular weight is 202 g/mol. The Bertz CT molecular complexity index is 300. The summed E-state index contributed by atoms with van der Waals surface area (Å²) in [6.07, 6.45) is -2.17. The first-order valence-corrected chi connectivity index (χ1v) is 4.25. The van der Waals surface area contributed by atoms with Crippen molar-refractivity contribution < 1.29 is 18.6 Å². The molecule has 0 aliphatic heterocycles. The van der Waals surface area contributed by atoms with Crippen LogP contribution in [0.15, 0.2) is 18.2 Å². The molecule has 4 heteroatoms. The maximum atomic E-state index is 12.5. The third-order valence-electron chi connectivity index (χ3n) is 1.93. The van der Waals surface area contributed by atoms with Gasteiger partial charge in [-0.3, -0.25) is 0 Å². The Morgan fingerprint density at radius 2 is 2.14 bits per heavy atom. The zero-order valence-electron chi connectivity index (χ0n) is 7.84. The molecule has 0 amide bonds. The molecule has 0 atom stereocenters. The van der Waals surface area contributed by atoms with Crippen LogP contribution < -0.4 is 4.74 Å². The lowest BCUT2D eigenvalue weighted by atomic mass is 10.1. The van der Waals surface area contributed by atoms with E-state index in [1.54, 1.807) is 6.07 Å². The van der Waals surface area contributed by atoms with Gasteiger partial charge in [0, 0.05) is 6.61 Å². The first-order chi connectivity index (χ1) is 6.69. The van der Waals surface area contributed by atoms with Gasteiger partial charge in [0.15, 0.2) is 0 Å². The highest BCUT2D eigenvalue weighted by atomic mass is 19.3. The number of alkyl halides is 2. The molecule has 1 aromatic rings. The quantitative estimate of drug-likeness (QED) is 0.810. The molecular weight excluding hydrogens is 190 g/mol. The van der Waals surface area contributed by atoms with Crippen molar-refractivity contribution in [2.45, 2.75) is 12.8 Å². The first kappa shape index (κ1) is 10.9. The molecule has 0 aliphatic carbocycles. The van der Waals surface area contributed by atoms with Gasteiger partial charge in [-0.15, -0.1) is 0 Å². The molecule has 0 saturated carbocycles. The largest absolute Gasteiger partial charge is 0.496 e. The molecule has 14 heavy (non-hydrogen) atoms. The number of hydrogen-bond donors (Lipinski definition) is 1. The van der Waals surface area contributed by atoms with Crippen LogP contribution in [0.4, 0.5) is 8.78 Å². The van der Waals surface area contributed by atoms with E-state index in [2.05, 4.69) is 0 Å². The van der Waals surface area contributed by atoms with E-state index in [1.807, 2.05) is 0 Å². The Morgan fingerprint density at radius 1 is 1.43 bits per heavy atom. The Kier molecular flexibility index (Phi) is 3.83. The van der Waals surface area contributed by atoms with Crippen molar-refractivity contribution in [1.29, 1.82) is 0 Å². The predicted octanol–water partition coefficient (Wildman–Crippen LogP) is 2.17. The second-order valence-corrected chi connectivity index (χ2v) is 2.85. The van der Waals surface area contributed by atoms with Gasteiger partial charge in [0.2, 0.25) is 0 Å². The van der Waals surface area contributed by atoms with Crippen LogP contribution in [0.25, 0.3) is 0 Å². The summed E-state index contributed by atoms with van der Waals surface area (Å²) >= 11 is 0. The lowest BCUT2D eigenvalue weighted by Crippen LogP contribution is -1.96. The zero-order chi connectivity index (χ0) is 10.6. The Labute approximate surface area is 81.1 Å². The Morgan fingerprint density at radius 3 is 2.64 bits per heavy atom. The average Bonchev–Trinajstić information content (AvgIpc) is 2.18.